The van der Waals surface area contributed by atoms with Crippen molar-refractivity contribution in [3.05, 3.63) is 95.1 Å². The monoisotopic (exact) mass is 514 g/mol. The Labute approximate surface area is 216 Å². The molecule has 1 amide bonds. The molecule has 186 valence electrons. The Bertz CT molecular complexity index is 1540. The fourth-order valence-electron chi connectivity index (χ4n) is 4.27. The summed E-state index contributed by atoms with van der Waals surface area (Å²) in [5.74, 6) is -1.75. The van der Waals surface area contributed by atoms with Gasteiger partial charge in [-0.1, -0.05) is 53.8 Å². The van der Waals surface area contributed by atoms with Gasteiger partial charge < -0.3 is 14.6 Å². The second kappa shape index (κ2) is 9.87. The van der Waals surface area contributed by atoms with E-state index in [1.807, 2.05) is 13.0 Å². The minimum atomic E-state index is -0.959. The number of ketones is 1. The van der Waals surface area contributed by atoms with Crippen molar-refractivity contribution in [3.63, 3.8) is 0 Å². The largest absolute Gasteiger partial charge is 0.507 e. The van der Waals surface area contributed by atoms with E-state index in [1.165, 1.54) is 23.3 Å². The van der Waals surface area contributed by atoms with Crippen LogP contribution in [-0.4, -0.2) is 41.5 Å². The zero-order chi connectivity index (χ0) is 26.1. The van der Waals surface area contributed by atoms with Crippen molar-refractivity contribution in [2.45, 2.75) is 13.0 Å². The Balaban J connectivity index is 1.68. The molecule has 5 rings (SSSR count). The molecular weight excluding hydrogens is 492 g/mol. The molecule has 1 fully saturated rings. The minimum Gasteiger partial charge on any atom is -0.507 e. The van der Waals surface area contributed by atoms with Crippen LogP contribution in [0.3, 0.4) is 0 Å². The van der Waals surface area contributed by atoms with Crippen LogP contribution in [0.25, 0.3) is 16.0 Å². The number of benzene rings is 3. The highest BCUT2D eigenvalue weighted by molar-refractivity contribution is 7.22. The van der Waals surface area contributed by atoms with E-state index in [0.717, 1.165) is 4.70 Å². The van der Waals surface area contributed by atoms with Gasteiger partial charge in [-0.2, -0.15) is 0 Å². The van der Waals surface area contributed by atoms with Crippen LogP contribution in [0, 0.1) is 0 Å². The standard InChI is InChI=1S/C28H22N2O6S/c1-3-36-19-13-14-20-21(15-19)37-28(29-20)30-23(16-9-11-18(12-10-16)27(34)35-2)22(25(32)26(30)33)24(31)17-7-5-4-6-8-17/h4-15,23,31H,3H2,1-2H3/t23-/m1/s1. The van der Waals surface area contributed by atoms with Crippen LogP contribution in [0.5, 0.6) is 5.75 Å². The third-order valence-electron chi connectivity index (χ3n) is 6.00. The Hall–Kier alpha value is -4.50. The third kappa shape index (κ3) is 4.34. The second-order valence-corrected chi connectivity index (χ2v) is 9.22. The van der Waals surface area contributed by atoms with Gasteiger partial charge >= 0.3 is 11.9 Å². The van der Waals surface area contributed by atoms with Gasteiger partial charge in [-0.25, -0.2) is 9.78 Å². The Morgan fingerprint density at radius 2 is 1.76 bits per heavy atom. The fraction of sp³-hybridized carbons (Fsp3) is 0.143. The number of fused-ring (bicyclic) bond motifs is 1. The number of amides is 1. The number of carbonyl (C=O) groups is 3. The molecule has 4 aromatic rings. The van der Waals surface area contributed by atoms with Crippen molar-refractivity contribution in [3.8, 4) is 5.75 Å². The van der Waals surface area contributed by atoms with Crippen LogP contribution in [0.4, 0.5) is 5.13 Å². The molecule has 1 saturated heterocycles. The molecule has 37 heavy (non-hydrogen) atoms. The predicted octanol–water partition coefficient (Wildman–Crippen LogP) is 5.11. The summed E-state index contributed by atoms with van der Waals surface area (Å²) < 4.78 is 11.1. The Morgan fingerprint density at radius 3 is 2.43 bits per heavy atom. The first-order valence-electron chi connectivity index (χ1n) is 11.5. The lowest BCUT2D eigenvalue weighted by Crippen LogP contribution is -2.29. The number of thiazole rings is 1. The summed E-state index contributed by atoms with van der Waals surface area (Å²) in [4.78, 5) is 44.6. The molecule has 0 aliphatic carbocycles. The van der Waals surface area contributed by atoms with E-state index in [1.54, 1.807) is 66.7 Å². The van der Waals surface area contributed by atoms with Crippen LogP contribution in [0.2, 0.25) is 0 Å². The van der Waals surface area contributed by atoms with Crippen LogP contribution < -0.4 is 9.64 Å². The number of aliphatic hydroxyl groups excluding tert-OH is 1. The lowest BCUT2D eigenvalue weighted by atomic mass is 9.95. The topological polar surface area (TPSA) is 106 Å². The van der Waals surface area contributed by atoms with Crippen LogP contribution >= 0.6 is 11.3 Å². The average molecular weight is 515 g/mol. The van der Waals surface area contributed by atoms with Gasteiger partial charge in [0.05, 0.1) is 41.1 Å². The van der Waals surface area contributed by atoms with Gasteiger partial charge in [-0.3, -0.25) is 14.5 Å². The van der Waals surface area contributed by atoms with Crippen LogP contribution in [0.15, 0.2) is 78.4 Å². The molecule has 0 bridgehead atoms. The Kier molecular flexibility index (Phi) is 6.45. The smallest absolute Gasteiger partial charge is 0.337 e. The highest BCUT2D eigenvalue weighted by Gasteiger charge is 2.48. The predicted molar refractivity (Wildman–Crippen MR) is 140 cm³/mol. The molecule has 3 aromatic carbocycles. The second-order valence-electron chi connectivity index (χ2n) is 8.21. The lowest BCUT2D eigenvalue weighted by Gasteiger charge is -2.23. The molecular formula is C28H22N2O6S. The van der Waals surface area contributed by atoms with Gasteiger partial charge in [0, 0.05) is 5.56 Å². The highest BCUT2D eigenvalue weighted by atomic mass is 32.1. The number of aliphatic hydroxyl groups is 1. The first kappa shape index (κ1) is 24.2. The van der Waals surface area contributed by atoms with Crippen molar-refractivity contribution >= 4 is 50.1 Å². The first-order valence-corrected chi connectivity index (χ1v) is 12.3. The number of nitrogens with zero attached hydrogens (tertiary/aromatic N) is 2. The van der Waals surface area contributed by atoms with Crippen molar-refractivity contribution in [1.82, 2.24) is 4.98 Å². The number of anilines is 1. The molecule has 9 heteroatoms. The van der Waals surface area contributed by atoms with Crippen molar-refractivity contribution in [2.24, 2.45) is 0 Å². The number of Topliss-reactive ketones (excluding diaryl/α,β-unsaturated/α-hetero) is 1. The van der Waals surface area contributed by atoms with Crippen molar-refractivity contribution in [2.75, 3.05) is 18.6 Å². The van der Waals surface area contributed by atoms with E-state index in [9.17, 15) is 19.5 Å². The molecule has 0 spiro atoms. The summed E-state index contributed by atoms with van der Waals surface area (Å²) in [7, 11) is 1.29. The summed E-state index contributed by atoms with van der Waals surface area (Å²) in [5.41, 5.74) is 1.83. The van der Waals surface area contributed by atoms with E-state index in [4.69, 9.17) is 9.47 Å². The number of rotatable bonds is 6. The molecule has 1 aliphatic heterocycles. The van der Waals surface area contributed by atoms with Gasteiger partial charge in [0.1, 0.15) is 11.5 Å². The van der Waals surface area contributed by atoms with Crippen molar-refractivity contribution < 1.29 is 29.0 Å². The summed E-state index contributed by atoms with van der Waals surface area (Å²) in [6.45, 7) is 2.40. The molecule has 8 nitrogen and oxygen atoms in total. The maximum absolute atomic E-state index is 13.4. The minimum absolute atomic E-state index is 0.0590. The quantitative estimate of drug-likeness (QED) is 0.165. The van der Waals surface area contributed by atoms with Gasteiger partial charge in [0.15, 0.2) is 5.13 Å². The maximum Gasteiger partial charge on any atom is 0.337 e. The Morgan fingerprint density at radius 1 is 1.03 bits per heavy atom. The SMILES string of the molecule is CCOc1ccc2nc(N3C(=O)C(=O)C(=C(O)c4ccccc4)[C@H]3c3ccc(C(=O)OC)cc3)sc2c1. The summed E-state index contributed by atoms with van der Waals surface area (Å²) in [6.07, 6.45) is 0. The average Bonchev–Trinajstić information content (AvgIpc) is 3.46. The molecule has 1 aliphatic rings. The molecule has 0 radical (unpaired) electrons. The zero-order valence-electron chi connectivity index (χ0n) is 20.0. The number of hydrogen-bond donors (Lipinski definition) is 1. The molecule has 2 heterocycles. The van der Waals surface area contributed by atoms with Gasteiger partial charge in [0.25, 0.3) is 5.78 Å². The van der Waals surface area contributed by atoms with E-state index in [-0.39, 0.29) is 11.3 Å². The molecule has 1 N–H and O–H groups in total. The van der Waals surface area contributed by atoms with Gasteiger partial charge in [-0.05, 0) is 42.8 Å². The van der Waals surface area contributed by atoms with E-state index < -0.39 is 23.7 Å². The van der Waals surface area contributed by atoms with Gasteiger partial charge in [-0.15, -0.1) is 0 Å². The lowest BCUT2D eigenvalue weighted by molar-refractivity contribution is -0.132. The van der Waals surface area contributed by atoms with Crippen LogP contribution in [0.1, 0.15) is 34.5 Å². The molecule has 0 unspecified atom stereocenters. The number of esters is 1. The molecule has 1 aromatic heterocycles. The number of aromatic nitrogens is 1. The number of methoxy groups -OCH3 is 1. The maximum atomic E-state index is 13.4. The highest BCUT2D eigenvalue weighted by Crippen LogP contribution is 2.44. The molecule has 1 atom stereocenters. The summed E-state index contributed by atoms with van der Waals surface area (Å²) in [5, 5.41) is 11.5. The van der Waals surface area contributed by atoms with Crippen molar-refractivity contribution in [1.29, 1.82) is 0 Å². The zero-order valence-corrected chi connectivity index (χ0v) is 20.8. The number of hydrogen-bond acceptors (Lipinski definition) is 8. The van der Waals surface area contributed by atoms with E-state index in [0.29, 0.717) is 39.7 Å². The first-order chi connectivity index (χ1) is 17.9. The summed E-state index contributed by atoms with van der Waals surface area (Å²) in [6, 6.07) is 19.4. The summed E-state index contributed by atoms with van der Waals surface area (Å²) >= 11 is 1.24. The fourth-order valence-corrected chi connectivity index (χ4v) is 5.29. The number of carbonyl (C=O) groups excluding carboxylic acids is 3. The normalized spacial score (nSPS) is 16.8. The van der Waals surface area contributed by atoms with E-state index >= 15 is 0 Å². The van der Waals surface area contributed by atoms with E-state index in [2.05, 4.69) is 4.98 Å². The van der Waals surface area contributed by atoms with Crippen LogP contribution in [-0.2, 0) is 14.3 Å². The number of ether oxygens (including phenoxy) is 2. The van der Waals surface area contributed by atoms with Gasteiger partial charge in [0.2, 0.25) is 0 Å². The third-order valence-corrected chi connectivity index (χ3v) is 7.02. The molecule has 0 saturated carbocycles.